The van der Waals surface area contributed by atoms with Crippen molar-refractivity contribution in [2.24, 2.45) is 0 Å². The molecule has 0 radical (unpaired) electrons. The summed E-state index contributed by atoms with van der Waals surface area (Å²) >= 11 is 0. The first-order valence-corrected chi connectivity index (χ1v) is 9.82. The van der Waals surface area contributed by atoms with Crippen LogP contribution < -0.4 is 5.32 Å². The number of carbonyl (C=O) groups excluding carboxylic acids is 1. The van der Waals surface area contributed by atoms with Crippen molar-refractivity contribution in [2.75, 3.05) is 6.54 Å². The quantitative estimate of drug-likeness (QED) is 0.560. The molecule has 0 aliphatic carbocycles. The van der Waals surface area contributed by atoms with Crippen molar-refractivity contribution in [3.05, 3.63) is 71.1 Å². The largest absolute Gasteiger partial charge is 0.356 e. The third kappa shape index (κ3) is 5.78. The van der Waals surface area contributed by atoms with Crippen molar-refractivity contribution in [2.45, 2.75) is 46.0 Å². The van der Waals surface area contributed by atoms with E-state index in [0.29, 0.717) is 37.5 Å². The lowest BCUT2D eigenvalue weighted by atomic mass is 10.0. The van der Waals surface area contributed by atoms with Gasteiger partial charge < -0.3 is 9.84 Å². The molecule has 1 N–H and O–H groups in total. The Labute approximate surface area is 166 Å². The maximum atomic E-state index is 12.0. The number of hydrogen-bond acceptors (Lipinski definition) is 4. The maximum absolute atomic E-state index is 12.0. The standard InChI is InChI=1S/C23H27N3O2/c1-17-13-14-19(18(2)16-17)10-7-15-24-21(27)11-6-12-22-25-23(26-28-22)20-8-4-3-5-9-20/h3-5,8-9,13-14,16H,6-7,10-12,15H2,1-2H3,(H,24,27). The number of aromatic nitrogens is 2. The van der Waals surface area contributed by atoms with Crippen LogP contribution in [0, 0.1) is 13.8 Å². The first-order chi connectivity index (χ1) is 13.6. The van der Waals surface area contributed by atoms with Gasteiger partial charge in [-0.1, -0.05) is 59.3 Å². The monoisotopic (exact) mass is 377 g/mol. The molecule has 5 nitrogen and oxygen atoms in total. The fourth-order valence-electron chi connectivity index (χ4n) is 3.18. The van der Waals surface area contributed by atoms with E-state index in [1.165, 1.54) is 16.7 Å². The van der Waals surface area contributed by atoms with Crippen molar-refractivity contribution < 1.29 is 9.32 Å². The molecule has 0 spiro atoms. The zero-order chi connectivity index (χ0) is 19.8. The Bertz CT molecular complexity index is 903. The van der Waals surface area contributed by atoms with Crippen molar-refractivity contribution >= 4 is 5.91 Å². The number of nitrogens with zero attached hydrogens (tertiary/aromatic N) is 2. The zero-order valence-corrected chi connectivity index (χ0v) is 16.6. The van der Waals surface area contributed by atoms with Gasteiger partial charge in [0, 0.05) is 24.9 Å². The van der Waals surface area contributed by atoms with Crippen molar-refractivity contribution in [1.82, 2.24) is 15.5 Å². The van der Waals surface area contributed by atoms with E-state index in [2.05, 4.69) is 47.5 Å². The summed E-state index contributed by atoms with van der Waals surface area (Å²) in [6, 6.07) is 16.2. The number of hydrogen-bond donors (Lipinski definition) is 1. The molecule has 0 atom stereocenters. The average molecular weight is 377 g/mol. The SMILES string of the molecule is Cc1ccc(CCCNC(=O)CCCc2nc(-c3ccccc3)no2)c(C)c1. The van der Waals surface area contributed by atoms with Crippen LogP contribution >= 0.6 is 0 Å². The van der Waals surface area contributed by atoms with Gasteiger partial charge in [0.15, 0.2) is 0 Å². The molecule has 0 saturated heterocycles. The topological polar surface area (TPSA) is 68.0 Å². The highest BCUT2D eigenvalue weighted by Gasteiger charge is 2.09. The minimum Gasteiger partial charge on any atom is -0.356 e. The first-order valence-electron chi connectivity index (χ1n) is 9.82. The molecular weight excluding hydrogens is 350 g/mol. The van der Waals surface area contributed by atoms with Gasteiger partial charge in [-0.3, -0.25) is 4.79 Å². The van der Waals surface area contributed by atoms with E-state index in [4.69, 9.17) is 4.52 Å². The van der Waals surface area contributed by atoms with Crippen LogP contribution in [0.2, 0.25) is 0 Å². The van der Waals surface area contributed by atoms with Gasteiger partial charge in [-0.2, -0.15) is 4.98 Å². The molecule has 0 aliphatic heterocycles. The Morgan fingerprint density at radius 3 is 2.64 bits per heavy atom. The summed E-state index contributed by atoms with van der Waals surface area (Å²) in [7, 11) is 0. The lowest BCUT2D eigenvalue weighted by molar-refractivity contribution is -0.121. The third-order valence-electron chi connectivity index (χ3n) is 4.74. The highest BCUT2D eigenvalue weighted by atomic mass is 16.5. The van der Waals surface area contributed by atoms with Crippen LogP contribution in [0.25, 0.3) is 11.4 Å². The molecule has 3 rings (SSSR count). The number of amides is 1. The fraction of sp³-hybridized carbons (Fsp3) is 0.348. The molecule has 3 aromatic rings. The molecule has 1 heterocycles. The van der Waals surface area contributed by atoms with Gasteiger partial charge in [0.1, 0.15) is 0 Å². The number of rotatable bonds is 9. The summed E-state index contributed by atoms with van der Waals surface area (Å²) < 4.78 is 5.28. The third-order valence-corrected chi connectivity index (χ3v) is 4.74. The van der Waals surface area contributed by atoms with Crippen LogP contribution in [0.3, 0.4) is 0 Å². The second-order valence-electron chi connectivity index (χ2n) is 7.11. The normalized spacial score (nSPS) is 10.8. The van der Waals surface area contributed by atoms with Crippen LogP contribution in [-0.2, 0) is 17.6 Å². The van der Waals surface area contributed by atoms with Gasteiger partial charge in [0.25, 0.3) is 0 Å². The summed E-state index contributed by atoms with van der Waals surface area (Å²) in [4.78, 5) is 16.4. The molecule has 5 heteroatoms. The van der Waals surface area contributed by atoms with Crippen LogP contribution in [0.15, 0.2) is 53.1 Å². The molecule has 2 aromatic carbocycles. The minimum atomic E-state index is 0.0726. The van der Waals surface area contributed by atoms with Gasteiger partial charge in [-0.25, -0.2) is 0 Å². The maximum Gasteiger partial charge on any atom is 0.226 e. The summed E-state index contributed by atoms with van der Waals surface area (Å²) in [6.45, 7) is 4.94. The van der Waals surface area contributed by atoms with Gasteiger partial charge in [0.2, 0.25) is 17.6 Å². The smallest absolute Gasteiger partial charge is 0.226 e. The lowest BCUT2D eigenvalue weighted by Gasteiger charge is -2.08. The highest BCUT2D eigenvalue weighted by Crippen LogP contribution is 2.15. The fourth-order valence-corrected chi connectivity index (χ4v) is 3.18. The molecule has 0 fully saturated rings. The first kappa shape index (κ1) is 19.8. The van der Waals surface area contributed by atoms with Crippen LogP contribution in [0.4, 0.5) is 0 Å². The predicted molar refractivity (Wildman–Crippen MR) is 110 cm³/mol. The Morgan fingerprint density at radius 2 is 1.86 bits per heavy atom. The molecular formula is C23H27N3O2. The van der Waals surface area contributed by atoms with Gasteiger partial charge in [0.05, 0.1) is 0 Å². The van der Waals surface area contributed by atoms with Crippen molar-refractivity contribution in [1.29, 1.82) is 0 Å². The molecule has 1 aromatic heterocycles. The number of carbonyl (C=O) groups is 1. The van der Waals surface area contributed by atoms with E-state index < -0.39 is 0 Å². The number of aryl methyl sites for hydroxylation is 4. The average Bonchev–Trinajstić information content (AvgIpc) is 3.16. The number of nitrogens with one attached hydrogen (secondary N) is 1. The molecule has 1 amide bonds. The highest BCUT2D eigenvalue weighted by molar-refractivity contribution is 5.75. The van der Waals surface area contributed by atoms with Crippen LogP contribution in [0.1, 0.15) is 41.8 Å². The Morgan fingerprint density at radius 1 is 1.04 bits per heavy atom. The lowest BCUT2D eigenvalue weighted by Crippen LogP contribution is -2.24. The van der Waals surface area contributed by atoms with Crippen molar-refractivity contribution in [3.63, 3.8) is 0 Å². The summed E-state index contributed by atoms with van der Waals surface area (Å²) in [5.41, 5.74) is 4.89. The Balaban J connectivity index is 1.33. The molecule has 0 saturated carbocycles. The Hall–Kier alpha value is -2.95. The van der Waals surface area contributed by atoms with Gasteiger partial charge in [-0.05, 0) is 44.2 Å². The van der Waals surface area contributed by atoms with Gasteiger partial charge in [-0.15, -0.1) is 0 Å². The molecule has 0 aliphatic rings. The molecule has 146 valence electrons. The second kappa shape index (κ2) is 9.83. The van der Waals surface area contributed by atoms with E-state index in [9.17, 15) is 4.79 Å². The Kier molecular flexibility index (Phi) is 6.95. The van der Waals surface area contributed by atoms with Crippen molar-refractivity contribution in [3.8, 4) is 11.4 Å². The second-order valence-corrected chi connectivity index (χ2v) is 7.11. The molecule has 0 bridgehead atoms. The van der Waals surface area contributed by atoms with E-state index in [1.807, 2.05) is 30.3 Å². The van der Waals surface area contributed by atoms with E-state index in [-0.39, 0.29) is 5.91 Å². The van der Waals surface area contributed by atoms with Gasteiger partial charge >= 0.3 is 0 Å². The van der Waals surface area contributed by atoms with E-state index in [0.717, 1.165) is 18.4 Å². The summed E-state index contributed by atoms with van der Waals surface area (Å²) in [5.74, 6) is 1.23. The van der Waals surface area contributed by atoms with E-state index in [1.54, 1.807) is 0 Å². The van der Waals surface area contributed by atoms with Crippen LogP contribution in [0.5, 0.6) is 0 Å². The number of benzene rings is 2. The van der Waals surface area contributed by atoms with E-state index >= 15 is 0 Å². The molecule has 0 unspecified atom stereocenters. The summed E-state index contributed by atoms with van der Waals surface area (Å²) in [5, 5.41) is 6.99. The zero-order valence-electron chi connectivity index (χ0n) is 16.6. The minimum absolute atomic E-state index is 0.0726. The summed E-state index contributed by atoms with van der Waals surface area (Å²) in [6.07, 6.45) is 3.69. The van der Waals surface area contributed by atoms with Crippen LogP contribution in [-0.4, -0.2) is 22.6 Å². The predicted octanol–water partition coefficient (Wildman–Crippen LogP) is 4.43. The molecule has 28 heavy (non-hydrogen) atoms.